The summed E-state index contributed by atoms with van der Waals surface area (Å²) in [6.07, 6.45) is 0.569. The first-order chi connectivity index (χ1) is 11.3. The zero-order valence-electron chi connectivity index (χ0n) is 14.8. The van der Waals surface area contributed by atoms with Crippen LogP contribution in [-0.4, -0.2) is 35.8 Å². The van der Waals surface area contributed by atoms with Gasteiger partial charge >= 0.3 is 6.09 Å². The lowest BCUT2D eigenvalue weighted by molar-refractivity contribution is 0.0509. The molecule has 1 saturated heterocycles. The van der Waals surface area contributed by atoms with Gasteiger partial charge in [-0.15, -0.1) is 0 Å². The van der Waals surface area contributed by atoms with Crippen LogP contribution in [0.5, 0.6) is 0 Å². The van der Waals surface area contributed by atoms with Crippen molar-refractivity contribution in [1.29, 1.82) is 0 Å². The first-order valence-corrected chi connectivity index (χ1v) is 8.43. The van der Waals surface area contributed by atoms with Crippen LogP contribution in [0.4, 0.5) is 10.5 Å². The van der Waals surface area contributed by atoms with E-state index in [1.54, 1.807) is 0 Å². The number of carbonyl (C=O) groups is 1. The molecule has 24 heavy (non-hydrogen) atoms. The number of aryl methyl sites for hydroxylation is 1. The van der Waals surface area contributed by atoms with E-state index in [0.717, 1.165) is 36.1 Å². The molecular formula is C19H25N3O2. The van der Waals surface area contributed by atoms with Crippen LogP contribution in [-0.2, 0) is 4.74 Å². The Kier molecular flexibility index (Phi) is 4.35. The number of hydrogen-bond acceptors (Lipinski definition) is 4. The van der Waals surface area contributed by atoms with Gasteiger partial charge in [0, 0.05) is 29.9 Å². The van der Waals surface area contributed by atoms with E-state index in [0.29, 0.717) is 0 Å². The number of fused-ring (bicyclic) bond motifs is 1. The Morgan fingerprint density at radius 3 is 2.83 bits per heavy atom. The number of amides is 1. The Labute approximate surface area is 143 Å². The Morgan fingerprint density at radius 2 is 2.08 bits per heavy atom. The number of anilines is 1. The number of carbonyl (C=O) groups excluding carboxylic acids is 1. The van der Waals surface area contributed by atoms with Gasteiger partial charge in [0.15, 0.2) is 0 Å². The highest BCUT2D eigenvalue weighted by Gasteiger charge is 2.27. The topological polar surface area (TPSA) is 54.5 Å². The molecule has 1 amide bonds. The van der Waals surface area contributed by atoms with Crippen molar-refractivity contribution >= 4 is 22.7 Å². The van der Waals surface area contributed by atoms with Gasteiger partial charge < -0.3 is 15.0 Å². The van der Waals surface area contributed by atoms with E-state index in [1.807, 2.05) is 45.9 Å². The number of alkyl carbamates (subject to hydrolysis) is 1. The molecule has 2 aromatic rings. The van der Waals surface area contributed by atoms with Crippen LogP contribution in [0, 0.1) is 6.92 Å². The molecule has 0 saturated carbocycles. The maximum atomic E-state index is 12.0. The lowest BCUT2D eigenvalue weighted by Gasteiger charge is -2.23. The lowest BCUT2D eigenvalue weighted by atomic mass is 10.1. The van der Waals surface area contributed by atoms with Crippen molar-refractivity contribution in [3.05, 3.63) is 36.0 Å². The highest BCUT2D eigenvalue weighted by atomic mass is 16.6. The van der Waals surface area contributed by atoms with Crippen molar-refractivity contribution < 1.29 is 9.53 Å². The summed E-state index contributed by atoms with van der Waals surface area (Å²) in [5.74, 6) is 0. The molecule has 0 unspecified atom stereocenters. The summed E-state index contributed by atoms with van der Waals surface area (Å²) in [5.41, 5.74) is 2.73. The van der Waals surface area contributed by atoms with Crippen LogP contribution >= 0.6 is 0 Å². The van der Waals surface area contributed by atoms with E-state index in [-0.39, 0.29) is 12.1 Å². The van der Waals surface area contributed by atoms with Crippen molar-refractivity contribution in [3.8, 4) is 0 Å². The fraction of sp³-hybridized carbons (Fsp3) is 0.474. The Bertz CT molecular complexity index is 752. The SMILES string of the molecule is Cc1cc(N2CC[C@@H](NC(=O)OC(C)(C)C)C2)c2ccccc2n1. The molecule has 0 spiro atoms. The average molecular weight is 327 g/mol. The van der Waals surface area contributed by atoms with Gasteiger partial charge in [0.05, 0.1) is 11.6 Å². The molecule has 0 bridgehead atoms. The van der Waals surface area contributed by atoms with Crippen LogP contribution in [0.15, 0.2) is 30.3 Å². The number of para-hydroxylation sites is 1. The monoisotopic (exact) mass is 327 g/mol. The van der Waals surface area contributed by atoms with Gasteiger partial charge in [-0.05, 0) is 46.2 Å². The molecule has 1 fully saturated rings. The third-order valence-electron chi connectivity index (χ3n) is 4.07. The number of nitrogens with one attached hydrogen (secondary N) is 1. The third kappa shape index (κ3) is 3.78. The molecule has 3 rings (SSSR count). The van der Waals surface area contributed by atoms with Crippen molar-refractivity contribution in [2.24, 2.45) is 0 Å². The van der Waals surface area contributed by atoms with E-state index in [2.05, 4.69) is 27.3 Å². The molecule has 1 aliphatic rings. The minimum absolute atomic E-state index is 0.104. The number of hydrogen-bond donors (Lipinski definition) is 1. The Hall–Kier alpha value is -2.30. The van der Waals surface area contributed by atoms with E-state index >= 15 is 0 Å². The fourth-order valence-corrected chi connectivity index (χ4v) is 3.12. The number of benzene rings is 1. The number of nitrogens with zero attached hydrogens (tertiary/aromatic N) is 2. The van der Waals surface area contributed by atoms with Crippen molar-refractivity contribution in [3.63, 3.8) is 0 Å². The minimum atomic E-state index is -0.471. The smallest absolute Gasteiger partial charge is 0.407 e. The molecule has 0 radical (unpaired) electrons. The summed E-state index contributed by atoms with van der Waals surface area (Å²) in [7, 11) is 0. The second kappa shape index (κ2) is 6.30. The van der Waals surface area contributed by atoms with E-state index < -0.39 is 5.60 Å². The lowest BCUT2D eigenvalue weighted by Crippen LogP contribution is -2.40. The van der Waals surface area contributed by atoms with E-state index in [9.17, 15) is 4.79 Å². The second-order valence-corrected chi connectivity index (χ2v) is 7.38. The Balaban J connectivity index is 1.73. The predicted octanol–water partition coefficient (Wildman–Crippen LogP) is 3.65. The maximum Gasteiger partial charge on any atom is 0.407 e. The van der Waals surface area contributed by atoms with Crippen LogP contribution in [0.25, 0.3) is 10.9 Å². The average Bonchev–Trinajstić information content (AvgIpc) is 2.92. The molecule has 1 aromatic carbocycles. The number of rotatable bonds is 2. The summed E-state index contributed by atoms with van der Waals surface area (Å²) in [4.78, 5) is 18.9. The van der Waals surface area contributed by atoms with Crippen LogP contribution in [0.1, 0.15) is 32.9 Å². The van der Waals surface area contributed by atoms with Gasteiger partial charge in [-0.3, -0.25) is 4.98 Å². The molecule has 5 nitrogen and oxygen atoms in total. The minimum Gasteiger partial charge on any atom is -0.444 e. The number of aromatic nitrogens is 1. The molecule has 2 heterocycles. The third-order valence-corrected chi connectivity index (χ3v) is 4.07. The molecular weight excluding hydrogens is 302 g/mol. The Morgan fingerprint density at radius 1 is 1.33 bits per heavy atom. The summed E-state index contributed by atoms with van der Waals surface area (Å²) in [6, 6.07) is 10.4. The first-order valence-electron chi connectivity index (χ1n) is 8.43. The standard InChI is InChI=1S/C19H25N3O2/c1-13-11-17(15-7-5-6-8-16(15)20-13)22-10-9-14(12-22)21-18(23)24-19(2,3)4/h5-8,11,14H,9-10,12H2,1-4H3,(H,21,23)/t14-/m1/s1. The fourth-order valence-electron chi connectivity index (χ4n) is 3.12. The quantitative estimate of drug-likeness (QED) is 0.915. The largest absolute Gasteiger partial charge is 0.444 e. The van der Waals surface area contributed by atoms with Crippen LogP contribution in [0.3, 0.4) is 0 Å². The second-order valence-electron chi connectivity index (χ2n) is 7.38. The molecule has 1 aromatic heterocycles. The van der Waals surface area contributed by atoms with Crippen molar-refractivity contribution in [2.45, 2.75) is 45.8 Å². The summed E-state index contributed by atoms with van der Waals surface area (Å²) in [5, 5.41) is 4.13. The molecule has 1 aliphatic heterocycles. The molecule has 1 N–H and O–H groups in total. The maximum absolute atomic E-state index is 12.0. The number of ether oxygens (including phenoxy) is 1. The normalized spacial score (nSPS) is 18.0. The van der Waals surface area contributed by atoms with Crippen molar-refractivity contribution in [2.75, 3.05) is 18.0 Å². The van der Waals surface area contributed by atoms with Gasteiger partial charge in [0.25, 0.3) is 0 Å². The predicted molar refractivity (Wildman–Crippen MR) is 96.5 cm³/mol. The molecule has 0 aliphatic carbocycles. The van der Waals surface area contributed by atoms with Gasteiger partial charge in [0.1, 0.15) is 5.60 Å². The van der Waals surface area contributed by atoms with Crippen LogP contribution < -0.4 is 10.2 Å². The van der Waals surface area contributed by atoms with E-state index in [4.69, 9.17) is 4.74 Å². The van der Waals surface area contributed by atoms with Gasteiger partial charge in [-0.2, -0.15) is 0 Å². The summed E-state index contributed by atoms with van der Waals surface area (Å²) in [6.45, 7) is 9.33. The van der Waals surface area contributed by atoms with Gasteiger partial charge in [-0.25, -0.2) is 4.79 Å². The van der Waals surface area contributed by atoms with Gasteiger partial charge in [-0.1, -0.05) is 18.2 Å². The molecule has 1 atom stereocenters. The highest BCUT2D eigenvalue weighted by molar-refractivity contribution is 5.92. The molecule has 128 valence electrons. The highest BCUT2D eigenvalue weighted by Crippen LogP contribution is 2.29. The zero-order valence-corrected chi connectivity index (χ0v) is 14.8. The van der Waals surface area contributed by atoms with Crippen molar-refractivity contribution in [1.82, 2.24) is 10.3 Å². The van der Waals surface area contributed by atoms with Crippen LogP contribution in [0.2, 0.25) is 0 Å². The summed E-state index contributed by atoms with van der Waals surface area (Å²) < 4.78 is 5.35. The summed E-state index contributed by atoms with van der Waals surface area (Å²) >= 11 is 0. The number of pyridine rings is 1. The molecule has 5 heteroatoms. The zero-order chi connectivity index (χ0) is 17.3. The van der Waals surface area contributed by atoms with Gasteiger partial charge in [0.2, 0.25) is 0 Å². The van der Waals surface area contributed by atoms with E-state index in [1.165, 1.54) is 5.69 Å². The first kappa shape index (κ1) is 16.6.